The Morgan fingerprint density at radius 3 is 2.62 bits per heavy atom. The molecule has 1 aliphatic rings. The fourth-order valence-electron chi connectivity index (χ4n) is 2.28. The number of carbonyl (C=O) groups excluding carboxylic acids is 1. The number of alkyl halides is 2. The predicted octanol–water partition coefficient (Wildman–Crippen LogP) is 2.95. The van der Waals surface area contributed by atoms with E-state index in [1.165, 1.54) is 11.9 Å². The minimum absolute atomic E-state index is 0.194. The highest BCUT2D eigenvalue weighted by molar-refractivity contribution is 5.97. The Balaban J connectivity index is 2.33. The highest BCUT2D eigenvalue weighted by atomic mass is 19.3. The Bertz CT molecular complexity index is 594. The molecule has 1 aliphatic carbocycles. The molecule has 112 valence electrons. The van der Waals surface area contributed by atoms with Crippen LogP contribution in [0, 0.1) is 17.1 Å². The van der Waals surface area contributed by atoms with Crippen molar-refractivity contribution < 1.29 is 22.7 Å². The van der Waals surface area contributed by atoms with E-state index in [-0.39, 0.29) is 5.56 Å². The van der Waals surface area contributed by atoms with Gasteiger partial charge in [0.05, 0.1) is 11.6 Å². The summed E-state index contributed by atoms with van der Waals surface area (Å²) in [6.07, 6.45) is 1.87. The fraction of sp³-hybridized carbons (Fsp3) is 0.429. The lowest BCUT2D eigenvalue weighted by molar-refractivity contribution is -0.0505. The van der Waals surface area contributed by atoms with Crippen molar-refractivity contribution in [2.75, 3.05) is 7.05 Å². The maximum Gasteiger partial charge on any atom is 0.387 e. The van der Waals surface area contributed by atoms with Gasteiger partial charge in [-0.2, -0.15) is 14.0 Å². The maximum absolute atomic E-state index is 13.1. The predicted molar refractivity (Wildman–Crippen MR) is 67.3 cm³/mol. The number of hydrogen-bond acceptors (Lipinski definition) is 3. The van der Waals surface area contributed by atoms with Crippen molar-refractivity contribution in [2.24, 2.45) is 0 Å². The molecule has 1 fully saturated rings. The van der Waals surface area contributed by atoms with E-state index in [0.717, 1.165) is 24.6 Å². The second-order valence-electron chi connectivity index (χ2n) is 4.88. The summed E-state index contributed by atoms with van der Waals surface area (Å²) in [6.45, 7) is -3.17. The molecule has 0 bridgehead atoms. The largest absolute Gasteiger partial charge is 0.434 e. The lowest BCUT2D eigenvalue weighted by Crippen LogP contribution is -2.53. The minimum atomic E-state index is -3.17. The topological polar surface area (TPSA) is 53.3 Å². The average Bonchev–Trinajstić information content (AvgIpc) is 2.36. The first-order valence-electron chi connectivity index (χ1n) is 6.33. The molecule has 1 aromatic carbocycles. The number of halogens is 3. The van der Waals surface area contributed by atoms with Crippen molar-refractivity contribution in [1.82, 2.24) is 4.90 Å². The summed E-state index contributed by atoms with van der Waals surface area (Å²) in [5.74, 6) is -1.97. The van der Waals surface area contributed by atoms with Crippen LogP contribution in [0.2, 0.25) is 0 Å². The van der Waals surface area contributed by atoms with Gasteiger partial charge in [0.1, 0.15) is 17.1 Å². The van der Waals surface area contributed by atoms with Gasteiger partial charge in [-0.1, -0.05) is 0 Å². The van der Waals surface area contributed by atoms with Crippen molar-refractivity contribution in [3.63, 3.8) is 0 Å². The zero-order chi connectivity index (χ0) is 15.6. The quantitative estimate of drug-likeness (QED) is 0.858. The van der Waals surface area contributed by atoms with Gasteiger partial charge < -0.3 is 9.64 Å². The number of carbonyl (C=O) groups is 1. The molecule has 0 aromatic heterocycles. The Morgan fingerprint density at radius 1 is 1.48 bits per heavy atom. The molecular weight excluding hydrogens is 285 g/mol. The Kier molecular flexibility index (Phi) is 4.07. The van der Waals surface area contributed by atoms with Crippen LogP contribution in [-0.2, 0) is 0 Å². The molecule has 0 heterocycles. The van der Waals surface area contributed by atoms with Gasteiger partial charge in [-0.3, -0.25) is 4.79 Å². The van der Waals surface area contributed by atoms with E-state index in [9.17, 15) is 23.2 Å². The third kappa shape index (κ3) is 2.79. The first-order valence-corrected chi connectivity index (χ1v) is 6.33. The SMILES string of the molecule is CN(C(=O)c1ccc(F)cc1OC(F)F)C1(C#N)CCC1. The van der Waals surface area contributed by atoms with Gasteiger partial charge >= 0.3 is 6.61 Å². The summed E-state index contributed by atoms with van der Waals surface area (Å²) in [6, 6.07) is 4.87. The molecule has 0 saturated heterocycles. The van der Waals surface area contributed by atoms with E-state index in [2.05, 4.69) is 10.8 Å². The number of hydrogen-bond donors (Lipinski definition) is 0. The van der Waals surface area contributed by atoms with E-state index < -0.39 is 29.6 Å². The molecule has 1 saturated carbocycles. The molecule has 0 spiro atoms. The van der Waals surface area contributed by atoms with Gasteiger partial charge in [-0.25, -0.2) is 4.39 Å². The van der Waals surface area contributed by atoms with Gasteiger partial charge in [-0.15, -0.1) is 0 Å². The first-order chi connectivity index (χ1) is 9.89. The number of nitriles is 1. The number of nitrogens with zero attached hydrogens (tertiary/aromatic N) is 2. The minimum Gasteiger partial charge on any atom is -0.434 e. The van der Waals surface area contributed by atoms with Crippen LogP contribution in [0.4, 0.5) is 13.2 Å². The van der Waals surface area contributed by atoms with Crippen LogP contribution in [0.15, 0.2) is 18.2 Å². The molecular formula is C14H13F3N2O2. The summed E-state index contributed by atoms with van der Waals surface area (Å²) in [5.41, 5.74) is -1.12. The molecule has 4 nitrogen and oxygen atoms in total. The fourth-order valence-corrected chi connectivity index (χ4v) is 2.28. The highest BCUT2D eigenvalue weighted by Gasteiger charge is 2.44. The summed E-state index contributed by atoms with van der Waals surface area (Å²) in [4.78, 5) is 13.6. The average molecular weight is 298 g/mol. The molecule has 7 heteroatoms. The van der Waals surface area contributed by atoms with Crippen molar-refractivity contribution in [1.29, 1.82) is 5.26 Å². The van der Waals surface area contributed by atoms with Gasteiger partial charge in [0.15, 0.2) is 0 Å². The van der Waals surface area contributed by atoms with Gasteiger partial charge in [0.2, 0.25) is 0 Å². The van der Waals surface area contributed by atoms with E-state index in [1.54, 1.807) is 0 Å². The molecule has 0 N–H and O–H groups in total. The molecule has 1 aromatic rings. The monoisotopic (exact) mass is 298 g/mol. The summed E-state index contributed by atoms with van der Waals surface area (Å²) >= 11 is 0. The lowest BCUT2D eigenvalue weighted by atomic mass is 9.76. The molecule has 0 radical (unpaired) electrons. The maximum atomic E-state index is 13.1. The Labute approximate surface area is 119 Å². The third-order valence-electron chi connectivity index (χ3n) is 3.73. The van der Waals surface area contributed by atoms with Crippen LogP contribution in [0.1, 0.15) is 29.6 Å². The van der Waals surface area contributed by atoms with Gasteiger partial charge in [-0.05, 0) is 31.4 Å². The molecule has 0 unspecified atom stereocenters. The van der Waals surface area contributed by atoms with E-state index in [1.807, 2.05) is 0 Å². The zero-order valence-electron chi connectivity index (χ0n) is 11.3. The number of amides is 1. The molecule has 1 amide bonds. The normalized spacial score (nSPS) is 16.0. The van der Waals surface area contributed by atoms with Crippen molar-refractivity contribution in [3.05, 3.63) is 29.6 Å². The van der Waals surface area contributed by atoms with Crippen LogP contribution in [-0.4, -0.2) is 30.0 Å². The third-order valence-corrected chi connectivity index (χ3v) is 3.73. The van der Waals surface area contributed by atoms with Gasteiger partial charge in [0, 0.05) is 13.1 Å². The van der Waals surface area contributed by atoms with E-state index in [4.69, 9.17) is 0 Å². The van der Waals surface area contributed by atoms with Crippen LogP contribution in [0.25, 0.3) is 0 Å². The standard InChI is InChI=1S/C14H13F3N2O2/c1-19(14(8-18)5-2-6-14)12(20)10-4-3-9(15)7-11(10)21-13(16)17/h3-4,7,13H,2,5-6H2,1H3. The zero-order valence-corrected chi connectivity index (χ0v) is 11.3. The van der Waals surface area contributed by atoms with Crippen molar-refractivity contribution in [2.45, 2.75) is 31.4 Å². The molecule has 0 atom stereocenters. The summed E-state index contributed by atoms with van der Waals surface area (Å²) in [5, 5.41) is 9.21. The van der Waals surface area contributed by atoms with Crippen LogP contribution in [0.3, 0.4) is 0 Å². The second-order valence-corrected chi connectivity index (χ2v) is 4.88. The summed E-state index contributed by atoms with van der Waals surface area (Å²) < 4.78 is 42.0. The second kappa shape index (κ2) is 5.64. The van der Waals surface area contributed by atoms with Crippen molar-refractivity contribution >= 4 is 5.91 Å². The Hall–Kier alpha value is -2.23. The number of benzene rings is 1. The van der Waals surface area contributed by atoms with E-state index >= 15 is 0 Å². The first kappa shape index (κ1) is 15.2. The number of rotatable bonds is 4. The van der Waals surface area contributed by atoms with E-state index in [0.29, 0.717) is 12.8 Å². The van der Waals surface area contributed by atoms with Crippen LogP contribution >= 0.6 is 0 Å². The van der Waals surface area contributed by atoms with Crippen LogP contribution < -0.4 is 4.74 Å². The van der Waals surface area contributed by atoms with Crippen molar-refractivity contribution in [3.8, 4) is 11.8 Å². The lowest BCUT2D eigenvalue weighted by Gasteiger charge is -2.43. The number of ether oxygens (including phenoxy) is 1. The van der Waals surface area contributed by atoms with Gasteiger partial charge in [0.25, 0.3) is 5.91 Å². The molecule has 2 rings (SSSR count). The molecule has 0 aliphatic heterocycles. The summed E-state index contributed by atoms with van der Waals surface area (Å²) in [7, 11) is 1.43. The smallest absolute Gasteiger partial charge is 0.387 e. The molecule has 21 heavy (non-hydrogen) atoms. The Morgan fingerprint density at radius 2 is 2.14 bits per heavy atom. The highest BCUT2D eigenvalue weighted by Crippen LogP contribution is 2.37. The van der Waals surface area contributed by atoms with Crippen LogP contribution in [0.5, 0.6) is 5.75 Å².